The Morgan fingerprint density at radius 3 is 2.75 bits per heavy atom. The monoisotopic (exact) mass is 346 g/mol. The predicted molar refractivity (Wildman–Crippen MR) is 93.1 cm³/mol. The van der Waals surface area contributed by atoms with Crippen LogP contribution in [0, 0.1) is 4.77 Å². The Labute approximate surface area is 146 Å². The van der Waals surface area contributed by atoms with Crippen LogP contribution in [0.3, 0.4) is 0 Å². The number of aromatic nitrogens is 3. The summed E-state index contributed by atoms with van der Waals surface area (Å²) in [6.07, 6.45) is 1.37. The average molecular weight is 346 g/mol. The van der Waals surface area contributed by atoms with Gasteiger partial charge in [0.25, 0.3) is 0 Å². The van der Waals surface area contributed by atoms with Gasteiger partial charge in [-0.2, -0.15) is 5.10 Å². The van der Waals surface area contributed by atoms with Crippen LogP contribution in [0.15, 0.2) is 30.3 Å². The van der Waals surface area contributed by atoms with Crippen LogP contribution in [0.5, 0.6) is 0 Å². The van der Waals surface area contributed by atoms with Crippen LogP contribution in [-0.2, 0) is 28.0 Å². The van der Waals surface area contributed by atoms with E-state index in [4.69, 9.17) is 17.0 Å². The molecule has 1 saturated heterocycles. The fourth-order valence-corrected chi connectivity index (χ4v) is 3.54. The number of nitrogens with zero attached hydrogens (tertiary/aromatic N) is 2. The first-order valence-corrected chi connectivity index (χ1v) is 8.64. The van der Waals surface area contributed by atoms with Crippen molar-refractivity contribution < 1.29 is 9.53 Å². The van der Waals surface area contributed by atoms with Gasteiger partial charge in [-0.1, -0.05) is 30.3 Å². The molecule has 1 aliphatic heterocycles. The van der Waals surface area contributed by atoms with E-state index in [0.29, 0.717) is 37.4 Å². The zero-order valence-corrected chi connectivity index (χ0v) is 14.6. The third-order valence-corrected chi connectivity index (χ3v) is 4.98. The highest BCUT2D eigenvalue weighted by molar-refractivity contribution is 7.71. The van der Waals surface area contributed by atoms with E-state index < -0.39 is 5.41 Å². The molecule has 0 spiro atoms. The first kappa shape index (κ1) is 16.9. The molecule has 1 aromatic carbocycles. The molecular weight excluding hydrogens is 324 g/mol. The van der Waals surface area contributed by atoms with Crippen molar-refractivity contribution in [3.8, 4) is 0 Å². The molecule has 1 aliphatic rings. The molecule has 1 fully saturated rings. The van der Waals surface area contributed by atoms with Crippen molar-refractivity contribution in [3.05, 3.63) is 46.5 Å². The van der Waals surface area contributed by atoms with Crippen LogP contribution in [-0.4, -0.2) is 33.9 Å². The van der Waals surface area contributed by atoms with Gasteiger partial charge >= 0.3 is 0 Å². The number of hydrogen-bond donors (Lipinski definition) is 2. The zero-order chi connectivity index (χ0) is 17.0. The van der Waals surface area contributed by atoms with Gasteiger partial charge < -0.3 is 14.6 Å². The van der Waals surface area contributed by atoms with Crippen LogP contribution in [0.4, 0.5) is 0 Å². The van der Waals surface area contributed by atoms with Gasteiger partial charge in [0.05, 0.1) is 12.0 Å². The molecule has 2 N–H and O–H groups in total. The van der Waals surface area contributed by atoms with E-state index in [9.17, 15) is 4.79 Å². The number of carbonyl (C=O) groups excluding carboxylic acids is 1. The van der Waals surface area contributed by atoms with Crippen LogP contribution in [0.25, 0.3) is 0 Å². The number of carbonyl (C=O) groups is 1. The lowest BCUT2D eigenvalue weighted by molar-refractivity contribution is -0.130. The summed E-state index contributed by atoms with van der Waals surface area (Å²) in [4.78, 5) is 13.1. The van der Waals surface area contributed by atoms with E-state index in [1.54, 1.807) is 0 Å². The van der Waals surface area contributed by atoms with E-state index in [1.807, 2.05) is 41.8 Å². The molecule has 0 aliphatic carbocycles. The molecule has 0 saturated carbocycles. The lowest BCUT2D eigenvalue weighted by Gasteiger charge is -2.36. The molecule has 3 rings (SSSR count). The largest absolute Gasteiger partial charge is 0.381 e. The average Bonchev–Trinajstić information content (AvgIpc) is 3.00. The molecule has 0 radical (unpaired) electrons. The minimum atomic E-state index is -0.538. The number of amides is 1. The van der Waals surface area contributed by atoms with Crippen molar-refractivity contribution in [1.82, 2.24) is 20.1 Å². The predicted octanol–water partition coefficient (Wildman–Crippen LogP) is 2.33. The van der Waals surface area contributed by atoms with Crippen molar-refractivity contribution >= 4 is 18.1 Å². The van der Waals surface area contributed by atoms with E-state index >= 15 is 0 Å². The lowest BCUT2D eigenvalue weighted by atomic mass is 9.73. The fraction of sp³-hybridized carbons (Fsp3) is 0.471. The van der Waals surface area contributed by atoms with Gasteiger partial charge in [-0.25, -0.2) is 0 Å². The topological polar surface area (TPSA) is 71.9 Å². The summed E-state index contributed by atoms with van der Waals surface area (Å²) < 4.78 is 7.94. The first-order valence-electron chi connectivity index (χ1n) is 8.23. The minimum absolute atomic E-state index is 0.0218. The highest BCUT2D eigenvalue weighted by atomic mass is 32.1. The standard InChI is InChI=1S/C17H22N4O2S/c1-2-21-14(19-20-16(21)24)12-18-15(22)17(8-10-23-11-9-17)13-6-4-3-5-7-13/h3-7H,2,8-12H2,1H3,(H,18,22)(H,20,24). The smallest absolute Gasteiger partial charge is 0.231 e. The normalized spacial score (nSPS) is 16.7. The van der Waals surface area contributed by atoms with Gasteiger partial charge in [0.15, 0.2) is 10.6 Å². The molecule has 0 bridgehead atoms. The van der Waals surface area contributed by atoms with E-state index in [-0.39, 0.29) is 5.91 Å². The molecule has 24 heavy (non-hydrogen) atoms. The SMILES string of the molecule is CCn1c(CNC(=O)C2(c3ccccc3)CCOCC2)n[nH]c1=S. The number of H-pyrrole nitrogens is 1. The van der Waals surface area contributed by atoms with Crippen LogP contribution < -0.4 is 5.32 Å². The van der Waals surface area contributed by atoms with Crippen LogP contribution in [0.1, 0.15) is 31.2 Å². The Balaban J connectivity index is 1.81. The number of nitrogens with one attached hydrogen (secondary N) is 2. The summed E-state index contributed by atoms with van der Waals surface area (Å²) in [5.74, 6) is 0.764. The van der Waals surface area contributed by atoms with E-state index in [2.05, 4.69) is 15.5 Å². The molecule has 7 heteroatoms. The van der Waals surface area contributed by atoms with Gasteiger partial charge in [0.1, 0.15) is 0 Å². The van der Waals surface area contributed by atoms with Crippen molar-refractivity contribution in [2.45, 2.75) is 38.3 Å². The van der Waals surface area contributed by atoms with Crippen LogP contribution in [0.2, 0.25) is 0 Å². The Morgan fingerprint density at radius 1 is 1.38 bits per heavy atom. The number of benzene rings is 1. The second-order valence-electron chi connectivity index (χ2n) is 5.93. The van der Waals surface area contributed by atoms with Gasteiger partial charge in [0.2, 0.25) is 5.91 Å². The summed E-state index contributed by atoms with van der Waals surface area (Å²) in [7, 11) is 0. The fourth-order valence-electron chi connectivity index (χ4n) is 3.26. The van der Waals surface area contributed by atoms with E-state index in [1.165, 1.54) is 0 Å². The van der Waals surface area contributed by atoms with Crippen molar-refractivity contribution in [3.63, 3.8) is 0 Å². The Kier molecular flexibility index (Phi) is 5.11. The third-order valence-electron chi connectivity index (χ3n) is 4.67. The molecule has 1 amide bonds. The van der Waals surface area contributed by atoms with Crippen molar-refractivity contribution in [2.24, 2.45) is 0 Å². The Hall–Kier alpha value is -1.99. The summed E-state index contributed by atoms with van der Waals surface area (Å²) in [6, 6.07) is 9.96. The summed E-state index contributed by atoms with van der Waals surface area (Å²) in [5, 5.41) is 10.0. The molecule has 2 heterocycles. The quantitative estimate of drug-likeness (QED) is 0.815. The summed E-state index contributed by atoms with van der Waals surface area (Å²) >= 11 is 5.19. The highest BCUT2D eigenvalue weighted by Crippen LogP contribution is 2.35. The molecular formula is C17H22N4O2S. The zero-order valence-electron chi connectivity index (χ0n) is 13.7. The van der Waals surface area contributed by atoms with Gasteiger partial charge in [0, 0.05) is 19.8 Å². The maximum absolute atomic E-state index is 13.1. The second kappa shape index (κ2) is 7.27. The Morgan fingerprint density at radius 2 is 2.08 bits per heavy atom. The van der Waals surface area contributed by atoms with Gasteiger partial charge in [-0.15, -0.1) is 0 Å². The minimum Gasteiger partial charge on any atom is -0.381 e. The number of hydrogen-bond acceptors (Lipinski definition) is 4. The van der Waals surface area contributed by atoms with Crippen LogP contribution >= 0.6 is 12.2 Å². The van der Waals surface area contributed by atoms with E-state index in [0.717, 1.165) is 17.9 Å². The second-order valence-corrected chi connectivity index (χ2v) is 6.32. The number of aromatic amines is 1. The molecule has 1 aromatic heterocycles. The molecule has 2 aromatic rings. The molecule has 128 valence electrons. The van der Waals surface area contributed by atoms with Gasteiger partial charge in [-0.3, -0.25) is 9.89 Å². The molecule has 0 unspecified atom stereocenters. The maximum Gasteiger partial charge on any atom is 0.231 e. The maximum atomic E-state index is 13.1. The van der Waals surface area contributed by atoms with Gasteiger partial charge in [-0.05, 0) is 37.5 Å². The summed E-state index contributed by atoms with van der Waals surface area (Å²) in [5.41, 5.74) is 0.504. The first-order chi connectivity index (χ1) is 11.7. The van der Waals surface area contributed by atoms with Crippen molar-refractivity contribution in [1.29, 1.82) is 0 Å². The summed E-state index contributed by atoms with van der Waals surface area (Å²) in [6.45, 7) is 4.26. The molecule has 0 atom stereocenters. The lowest BCUT2D eigenvalue weighted by Crippen LogP contribution is -2.48. The van der Waals surface area contributed by atoms with Crippen molar-refractivity contribution in [2.75, 3.05) is 13.2 Å². The third kappa shape index (κ3) is 3.14. The highest BCUT2D eigenvalue weighted by Gasteiger charge is 2.41. The number of rotatable bonds is 5. The number of ether oxygens (including phenoxy) is 1. The Bertz CT molecular complexity index is 747. The molecule has 6 nitrogen and oxygen atoms in total.